The highest BCUT2D eigenvalue weighted by atomic mass is 16.5. The van der Waals surface area contributed by atoms with Crippen LogP contribution in [0.2, 0.25) is 0 Å². The third-order valence-corrected chi connectivity index (χ3v) is 4.06. The molecular formula is C19H29NO2. The van der Waals surface area contributed by atoms with Crippen LogP contribution >= 0.6 is 0 Å². The quantitative estimate of drug-likeness (QED) is 0.611. The topological polar surface area (TPSA) is 30.8 Å². The lowest BCUT2D eigenvalue weighted by atomic mass is 10.1. The smallest absolute Gasteiger partial charge is 0.216 e. The molecule has 0 amide bonds. The summed E-state index contributed by atoms with van der Waals surface area (Å²) in [5.41, 5.74) is 1.04. The van der Waals surface area contributed by atoms with Gasteiger partial charge in [0.1, 0.15) is 12.4 Å². The average molecular weight is 303 g/mol. The Bertz CT molecular complexity index is 465. The first-order chi connectivity index (χ1) is 10.7. The van der Waals surface area contributed by atoms with E-state index in [9.17, 15) is 0 Å². The summed E-state index contributed by atoms with van der Waals surface area (Å²) in [4.78, 5) is 4.65. The monoisotopic (exact) mass is 303 g/mol. The van der Waals surface area contributed by atoms with Gasteiger partial charge in [-0.05, 0) is 36.6 Å². The summed E-state index contributed by atoms with van der Waals surface area (Å²) in [6, 6.07) is 8.38. The van der Waals surface area contributed by atoms with Crippen LogP contribution in [-0.2, 0) is 4.74 Å². The highest BCUT2D eigenvalue weighted by Gasteiger charge is 2.22. The molecule has 1 atom stereocenters. The maximum absolute atomic E-state index is 5.78. The summed E-state index contributed by atoms with van der Waals surface area (Å²) in [5.74, 6) is 2.22. The molecule has 0 saturated carbocycles. The lowest BCUT2D eigenvalue weighted by Crippen LogP contribution is -2.13. The van der Waals surface area contributed by atoms with Gasteiger partial charge >= 0.3 is 0 Å². The highest BCUT2D eigenvalue weighted by molar-refractivity contribution is 5.95. The summed E-state index contributed by atoms with van der Waals surface area (Å²) in [5, 5.41) is 0. The van der Waals surface area contributed by atoms with E-state index in [0.717, 1.165) is 30.2 Å². The molecular weight excluding hydrogens is 274 g/mol. The number of unbranched alkanes of at least 4 members (excludes halogenated alkanes) is 4. The Morgan fingerprint density at radius 3 is 2.50 bits per heavy atom. The van der Waals surface area contributed by atoms with Crippen LogP contribution in [0, 0.1) is 5.92 Å². The standard InChI is InChI=1S/C19H29NO2/c1-4-5-6-7-8-13-21-17-11-9-16(10-12-17)19-20-18(14-22-19)15(2)3/h9-12,15,18H,4-8,13-14H2,1-3H3. The third-order valence-electron chi connectivity index (χ3n) is 4.06. The van der Waals surface area contributed by atoms with Crippen molar-refractivity contribution in [2.45, 2.75) is 58.9 Å². The van der Waals surface area contributed by atoms with Crippen molar-refractivity contribution in [2.24, 2.45) is 10.9 Å². The first kappa shape index (κ1) is 16.9. The summed E-state index contributed by atoms with van der Waals surface area (Å²) in [7, 11) is 0. The molecule has 2 rings (SSSR count). The van der Waals surface area contributed by atoms with E-state index in [0.29, 0.717) is 12.5 Å². The SMILES string of the molecule is CCCCCCCOc1ccc(C2=NC(C(C)C)CO2)cc1. The van der Waals surface area contributed by atoms with Gasteiger partial charge in [0.05, 0.1) is 12.6 Å². The molecule has 0 aliphatic carbocycles. The summed E-state index contributed by atoms with van der Waals surface area (Å²) < 4.78 is 11.5. The minimum absolute atomic E-state index is 0.286. The molecule has 0 fully saturated rings. The molecule has 1 aliphatic heterocycles. The van der Waals surface area contributed by atoms with Gasteiger partial charge in [-0.1, -0.05) is 46.5 Å². The fraction of sp³-hybridized carbons (Fsp3) is 0.632. The molecule has 122 valence electrons. The predicted molar refractivity (Wildman–Crippen MR) is 91.8 cm³/mol. The van der Waals surface area contributed by atoms with Crippen LogP contribution in [0.25, 0.3) is 0 Å². The molecule has 1 unspecified atom stereocenters. The summed E-state index contributed by atoms with van der Waals surface area (Å²) >= 11 is 0. The molecule has 22 heavy (non-hydrogen) atoms. The van der Waals surface area contributed by atoms with E-state index in [-0.39, 0.29) is 6.04 Å². The maximum atomic E-state index is 5.78. The molecule has 3 nitrogen and oxygen atoms in total. The Morgan fingerprint density at radius 2 is 1.86 bits per heavy atom. The van der Waals surface area contributed by atoms with Gasteiger partial charge in [-0.3, -0.25) is 0 Å². The summed E-state index contributed by atoms with van der Waals surface area (Å²) in [6.45, 7) is 8.09. The molecule has 1 aliphatic rings. The number of benzene rings is 1. The van der Waals surface area contributed by atoms with Crippen molar-refractivity contribution in [1.29, 1.82) is 0 Å². The van der Waals surface area contributed by atoms with Crippen LogP contribution in [0.3, 0.4) is 0 Å². The van der Waals surface area contributed by atoms with Crippen molar-refractivity contribution in [3.8, 4) is 5.75 Å². The van der Waals surface area contributed by atoms with Crippen LogP contribution in [0.5, 0.6) is 5.75 Å². The fourth-order valence-electron chi connectivity index (χ4n) is 2.48. The van der Waals surface area contributed by atoms with Crippen molar-refractivity contribution in [3.05, 3.63) is 29.8 Å². The largest absolute Gasteiger partial charge is 0.494 e. The number of aliphatic imine (C=N–C) groups is 1. The number of hydrogen-bond donors (Lipinski definition) is 0. The molecule has 0 N–H and O–H groups in total. The Kier molecular flexibility index (Phi) is 6.75. The first-order valence-electron chi connectivity index (χ1n) is 8.64. The molecule has 0 radical (unpaired) electrons. The number of ether oxygens (including phenoxy) is 2. The Morgan fingerprint density at radius 1 is 1.14 bits per heavy atom. The highest BCUT2D eigenvalue weighted by Crippen LogP contribution is 2.20. The second kappa shape index (κ2) is 8.82. The fourth-order valence-corrected chi connectivity index (χ4v) is 2.48. The zero-order valence-electron chi connectivity index (χ0n) is 14.2. The van der Waals surface area contributed by atoms with Crippen LogP contribution in [-0.4, -0.2) is 25.2 Å². The molecule has 0 bridgehead atoms. The molecule has 0 aromatic heterocycles. The normalized spacial score (nSPS) is 17.5. The van der Waals surface area contributed by atoms with Crippen LogP contribution in [0.4, 0.5) is 0 Å². The minimum atomic E-state index is 0.286. The van der Waals surface area contributed by atoms with Gasteiger partial charge in [0.2, 0.25) is 5.90 Å². The molecule has 3 heteroatoms. The van der Waals surface area contributed by atoms with Crippen molar-refractivity contribution < 1.29 is 9.47 Å². The molecule has 1 aromatic carbocycles. The van der Waals surface area contributed by atoms with E-state index in [4.69, 9.17) is 9.47 Å². The molecule has 1 aromatic rings. The van der Waals surface area contributed by atoms with E-state index < -0.39 is 0 Å². The maximum Gasteiger partial charge on any atom is 0.216 e. The van der Waals surface area contributed by atoms with Gasteiger partial charge in [0.15, 0.2) is 0 Å². The Labute approximate surface area is 134 Å². The van der Waals surface area contributed by atoms with Crippen LogP contribution < -0.4 is 4.74 Å². The van der Waals surface area contributed by atoms with Gasteiger partial charge < -0.3 is 9.47 Å². The minimum Gasteiger partial charge on any atom is -0.494 e. The summed E-state index contributed by atoms with van der Waals surface area (Å²) in [6.07, 6.45) is 6.31. The van der Waals surface area contributed by atoms with Crippen molar-refractivity contribution in [2.75, 3.05) is 13.2 Å². The number of nitrogens with zero attached hydrogens (tertiary/aromatic N) is 1. The van der Waals surface area contributed by atoms with E-state index >= 15 is 0 Å². The number of rotatable bonds is 9. The van der Waals surface area contributed by atoms with Gasteiger partial charge in [0.25, 0.3) is 0 Å². The van der Waals surface area contributed by atoms with Gasteiger partial charge in [0, 0.05) is 5.56 Å². The van der Waals surface area contributed by atoms with Crippen LogP contribution in [0.1, 0.15) is 58.4 Å². The third kappa shape index (κ3) is 5.04. The second-order valence-electron chi connectivity index (χ2n) is 6.34. The van der Waals surface area contributed by atoms with Crippen molar-refractivity contribution >= 4 is 5.90 Å². The van der Waals surface area contributed by atoms with E-state index in [2.05, 4.69) is 25.8 Å². The lowest BCUT2D eigenvalue weighted by molar-refractivity contribution is 0.291. The van der Waals surface area contributed by atoms with Gasteiger partial charge in [-0.25, -0.2) is 4.99 Å². The van der Waals surface area contributed by atoms with Crippen molar-refractivity contribution in [1.82, 2.24) is 0 Å². The Balaban J connectivity index is 1.77. The molecule has 0 spiro atoms. The zero-order valence-corrected chi connectivity index (χ0v) is 14.2. The molecule has 1 heterocycles. The first-order valence-corrected chi connectivity index (χ1v) is 8.64. The second-order valence-corrected chi connectivity index (χ2v) is 6.34. The number of hydrogen-bond acceptors (Lipinski definition) is 3. The van der Waals surface area contributed by atoms with E-state index in [1.165, 1.54) is 25.7 Å². The average Bonchev–Trinajstić information content (AvgIpc) is 3.01. The van der Waals surface area contributed by atoms with Gasteiger partial charge in [-0.15, -0.1) is 0 Å². The van der Waals surface area contributed by atoms with Crippen LogP contribution in [0.15, 0.2) is 29.3 Å². The van der Waals surface area contributed by atoms with E-state index in [1.807, 2.05) is 24.3 Å². The van der Waals surface area contributed by atoms with E-state index in [1.54, 1.807) is 0 Å². The van der Waals surface area contributed by atoms with Gasteiger partial charge in [-0.2, -0.15) is 0 Å². The zero-order chi connectivity index (χ0) is 15.8. The Hall–Kier alpha value is -1.51. The van der Waals surface area contributed by atoms with Crippen molar-refractivity contribution in [3.63, 3.8) is 0 Å². The predicted octanol–water partition coefficient (Wildman–Crippen LogP) is 4.84. The molecule has 0 saturated heterocycles. The lowest BCUT2D eigenvalue weighted by Gasteiger charge is -2.07.